The molecule has 2 unspecified atom stereocenters. The van der Waals surface area contributed by atoms with E-state index >= 15 is 0 Å². The third kappa shape index (κ3) is 5.16. The van der Waals surface area contributed by atoms with E-state index in [1.165, 1.54) is 5.56 Å². The van der Waals surface area contributed by atoms with Gasteiger partial charge in [0.15, 0.2) is 0 Å². The van der Waals surface area contributed by atoms with Crippen LogP contribution >= 0.6 is 11.6 Å². The smallest absolute Gasteiger partial charge is 0.0914 e. The summed E-state index contributed by atoms with van der Waals surface area (Å²) in [5, 5.41) is 14.1. The van der Waals surface area contributed by atoms with Gasteiger partial charge in [-0.1, -0.05) is 61.0 Å². The van der Waals surface area contributed by atoms with E-state index in [4.69, 9.17) is 11.6 Å². The quantitative estimate of drug-likeness (QED) is 0.753. The van der Waals surface area contributed by atoms with Gasteiger partial charge in [0.25, 0.3) is 0 Å². The Hall–Kier alpha value is -1.35. The number of nitrogens with one attached hydrogen (secondary N) is 1. The molecule has 2 aromatic rings. The second kappa shape index (κ2) is 8.18. The van der Waals surface area contributed by atoms with Crippen molar-refractivity contribution in [2.75, 3.05) is 13.1 Å². The topological polar surface area (TPSA) is 32.3 Å². The first kappa shape index (κ1) is 16.0. The van der Waals surface area contributed by atoms with Crippen molar-refractivity contribution in [3.05, 3.63) is 70.7 Å². The molecule has 0 aliphatic heterocycles. The minimum atomic E-state index is -0.491. The van der Waals surface area contributed by atoms with Crippen LogP contribution in [0.3, 0.4) is 0 Å². The maximum absolute atomic E-state index is 10.1. The Balaban J connectivity index is 1.71. The molecule has 112 valence electrons. The summed E-state index contributed by atoms with van der Waals surface area (Å²) >= 11 is 5.84. The lowest BCUT2D eigenvalue weighted by molar-refractivity contribution is 0.174. The highest BCUT2D eigenvalue weighted by Crippen LogP contribution is 2.18. The summed E-state index contributed by atoms with van der Waals surface area (Å²) in [4.78, 5) is 0. The molecule has 21 heavy (non-hydrogen) atoms. The molecule has 0 amide bonds. The summed E-state index contributed by atoms with van der Waals surface area (Å²) in [7, 11) is 0. The van der Waals surface area contributed by atoms with E-state index in [0.717, 1.165) is 18.5 Å². The minimum absolute atomic E-state index is 0.491. The zero-order valence-corrected chi connectivity index (χ0v) is 13.1. The second-order valence-corrected chi connectivity index (χ2v) is 5.81. The van der Waals surface area contributed by atoms with Crippen molar-refractivity contribution in [1.82, 2.24) is 5.32 Å². The zero-order chi connectivity index (χ0) is 15.1. The molecular formula is C18H22ClNO. The van der Waals surface area contributed by atoms with E-state index in [0.29, 0.717) is 17.5 Å². The summed E-state index contributed by atoms with van der Waals surface area (Å²) in [5.74, 6) is 0.520. The lowest BCUT2D eigenvalue weighted by Gasteiger charge is -2.15. The Labute approximate surface area is 131 Å². The van der Waals surface area contributed by atoms with Crippen molar-refractivity contribution in [1.29, 1.82) is 0 Å². The first-order chi connectivity index (χ1) is 10.2. The van der Waals surface area contributed by atoms with Gasteiger partial charge in [0.1, 0.15) is 0 Å². The molecule has 0 saturated carbocycles. The Bertz CT molecular complexity index is 527. The largest absolute Gasteiger partial charge is 0.387 e. The highest BCUT2D eigenvalue weighted by Gasteiger charge is 2.08. The van der Waals surface area contributed by atoms with E-state index in [-0.39, 0.29) is 0 Å². The van der Waals surface area contributed by atoms with Gasteiger partial charge in [-0.3, -0.25) is 0 Å². The van der Waals surface area contributed by atoms with Crippen molar-refractivity contribution in [3.63, 3.8) is 0 Å². The molecule has 0 saturated heterocycles. The molecule has 0 heterocycles. The average Bonchev–Trinajstić information content (AvgIpc) is 2.52. The van der Waals surface area contributed by atoms with Gasteiger partial charge in [0.05, 0.1) is 6.10 Å². The third-order valence-corrected chi connectivity index (χ3v) is 3.97. The SMILES string of the molecule is CC(CCNCC(O)c1ccc(Cl)cc1)c1ccccc1. The summed E-state index contributed by atoms with van der Waals surface area (Å²) < 4.78 is 0. The molecule has 0 aliphatic carbocycles. The minimum Gasteiger partial charge on any atom is -0.387 e. The van der Waals surface area contributed by atoms with E-state index in [9.17, 15) is 5.11 Å². The van der Waals surface area contributed by atoms with Crippen LogP contribution in [0.2, 0.25) is 5.02 Å². The van der Waals surface area contributed by atoms with Crippen LogP contribution < -0.4 is 5.32 Å². The molecule has 2 aromatic carbocycles. The number of hydrogen-bond acceptors (Lipinski definition) is 2. The number of hydrogen-bond donors (Lipinski definition) is 2. The Morgan fingerprint density at radius 2 is 1.67 bits per heavy atom. The number of rotatable bonds is 7. The standard InChI is InChI=1S/C18H22ClNO/c1-14(15-5-3-2-4-6-15)11-12-20-13-18(21)16-7-9-17(19)10-8-16/h2-10,14,18,20-21H,11-13H2,1H3. The van der Waals surface area contributed by atoms with E-state index in [1.54, 1.807) is 12.1 Å². The van der Waals surface area contributed by atoms with E-state index in [2.05, 4.69) is 36.5 Å². The second-order valence-electron chi connectivity index (χ2n) is 5.37. The van der Waals surface area contributed by atoms with E-state index in [1.807, 2.05) is 18.2 Å². The lowest BCUT2D eigenvalue weighted by Crippen LogP contribution is -2.23. The number of aliphatic hydroxyl groups excluding tert-OH is 1. The van der Waals surface area contributed by atoms with Gasteiger partial charge in [-0.15, -0.1) is 0 Å². The van der Waals surface area contributed by atoms with Crippen LogP contribution in [0, 0.1) is 0 Å². The summed E-state index contributed by atoms with van der Waals surface area (Å²) in [6.45, 7) is 3.68. The molecule has 0 fully saturated rings. The van der Waals surface area contributed by atoms with Crippen LogP contribution in [0.15, 0.2) is 54.6 Å². The van der Waals surface area contributed by atoms with Gasteiger partial charge in [0.2, 0.25) is 0 Å². The highest BCUT2D eigenvalue weighted by molar-refractivity contribution is 6.30. The van der Waals surface area contributed by atoms with Crippen LogP contribution in [0.4, 0.5) is 0 Å². The van der Waals surface area contributed by atoms with Crippen LogP contribution in [-0.4, -0.2) is 18.2 Å². The summed E-state index contributed by atoms with van der Waals surface area (Å²) in [6.07, 6.45) is 0.562. The number of aliphatic hydroxyl groups is 1. The van der Waals surface area contributed by atoms with Crippen molar-refractivity contribution in [3.8, 4) is 0 Å². The molecule has 0 bridgehead atoms. The van der Waals surface area contributed by atoms with Gasteiger partial charge in [-0.2, -0.15) is 0 Å². The Kier molecular flexibility index (Phi) is 6.24. The van der Waals surface area contributed by atoms with Gasteiger partial charge in [-0.05, 0) is 42.1 Å². The fraction of sp³-hybridized carbons (Fsp3) is 0.333. The fourth-order valence-corrected chi connectivity index (χ4v) is 2.43. The van der Waals surface area contributed by atoms with Crippen molar-refractivity contribution < 1.29 is 5.11 Å². The molecule has 2 rings (SSSR count). The molecule has 2 N–H and O–H groups in total. The van der Waals surface area contributed by atoms with Crippen LogP contribution in [0.5, 0.6) is 0 Å². The first-order valence-corrected chi connectivity index (χ1v) is 7.74. The Morgan fingerprint density at radius 3 is 2.33 bits per heavy atom. The van der Waals surface area contributed by atoms with Crippen LogP contribution in [-0.2, 0) is 0 Å². The van der Waals surface area contributed by atoms with Crippen molar-refractivity contribution in [2.24, 2.45) is 0 Å². The van der Waals surface area contributed by atoms with Crippen LogP contribution in [0.25, 0.3) is 0 Å². The average molecular weight is 304 g/mol. The maximum atomic E-state index is 10.1. The van der Waals surface area contributed by atoms with Crippen LogP contribution in [0.1, 0.15) is 36.5 Å². The summed E-state index contributed by atoms with van der Waals surface area (Å²) in [5.41, 5.74) is 2.25. The maximum Gasteiger partial charge on any atom is 0.0914 e. The van der Waals surface area contributed by atoms with Gasteiger partial charge < -0.3 is 10.4 Å². The normalized spacial score (nSPS) is 13.9. The first-order valence-electron chi connectivity index (χ1n) is 7.36. The third-order valence-electron chi connectivity index (χ3n) is 3.72. The van der Waals surface area contributed by atoms with Gasteiger partial charge in [-0.25, -0.2) is 0 Å². The molecule has 0 aliphatic rings. The monoisotopic (exact) mass is 303 g/mol. The molecule has 0 radical (unpaired) electrons. The predicted octanol–water partition coefficient (Wildman–Crippen LogP) is 4.16. The highest BCUT2D eigenvalue weighted by atomic mass is 35.5. The molecule has 2 atom stereocenters. The molecule has 2 nitrogen and oxygen atoms in total. The van der Waals surface area contributed by atoms with E-state index < -0.39 is 6.10 Å². The molecule has 3 heteroatoms. The van der Waals surface area contributed by atoms with Gasteiger partial charge in [0, 0.05) is 11.6 Å². The zero-order valence-electron chi connectivity index (χ0n) is 12.3. The molecular weight excluding hydrogens is 282 g/mol. The number of halogens is 1. The lowest BCUT2D eigenvalue weighted by atomic mass is 9.98. The van der Waals surface area contributed by atoms with Gasteiger partial charge >= 0.3 is 0 Å². The number of benzene rings is 2. The fourth-order valence-electron chi connectivity index (χ4n) is 2.31. The van der Waals surface area contributed by atoms with Crippen molar-refractivity contribution in [2.45, 2.75) is 25.4 Å². The Morgan fingerprint density at radius 1 is 1.00 bits per heavy atom. The molecule has 0 spiro atoms. The predicted molar refractivity (Wildman–Crippen MR) is 88.8 cm³/mol. The van der Waals surface area contributed by atoms with Crippen molar-refractivity contribution >= 4 is 11.6 Å². The molecule has 0 aromatic heterocycles. The summed E-state index contributed by atoms with van der Waals surface area (Å²) in [6, 6.07) is 17.8.